The Labute approximate surface area is 112 Å². The van der Waals surface area contributed by atoms with Crippen LogP contribution in [0.5, 0.6) is 0 Å². The summed E-state index contributed by atoms with van der Waals surface area (Å²) >= 11 is 8.28. The fourth-order valence-electron chi connectivity index (χ4n) is 1.58. The van der Waals surface area contributed by atoms with Gasteiger partial charge in [0.2, 0.25) is 0 Å². The normalized spacial score (nSPS) is 15.4. The summed E-state index contributed by atoms with van der Waals surface area (Å²) < 4.78 is 1.04. The first kappa shape index (κ1) is 10.5. The number of benzene rings is 1. The van der Waals surface area contributed by atoms with Crippen molar-refractivity contribution in [2.24, 2.45) is 0 Å². The Kier molecular flexibility index (Phi) is 2.63. The molecule has 5 heteroatoms. The Morgan fingerprint density at radius 2 is 2.19 bits per heavy atom. The van der Waals surface area contributed by atoms with Gasteiger partial charge < -0.3 is 0 Å². The molecule has 1 aliphatic carbocycles. The minimum absolute atomic E-state index is 0.598. The SMILES string of the molecule is Clc1cc(-c2n[nH]c(C3CC3)n2)ccc1I. The average molecular weight is 346 g/mol. The monoisotopic (exact) mass is 345 g/mol. The molecule has 1 aliphatic rings. The van der Waals surface area contributed by atoms with Crippen LogP contribution in [0.2, 0.25) is 5.02 Å². The zero-order chi connectivity index (χ0) is 11.1. The van der Waals surface area contributed by atoms with Gasteiger partial charge in [0, 0.05) is 15.1 Å². The van der Waals surface area contributed by atoms with Crippen molar-refractivity contribution in [1.29, 1.82) is 0 Å². The molecular formula is C11H9ClIN3. The topological polar surface area (TPSA) is 41.6 Å². The Balaban J connectivity index is 1.97. The van der Waals surface area contributed by atoms with E-state index >= 15 is 0 Å². The van der Waals surface area contributed by atoms with E-state index in [1.54, 1.807) is 0 Å². The second kappa shape index (κ2) is 4.00. The van der Waals surface area contributed by atoms with E-state index in [0.29, 0.717) is 5.92 Å². The summed E-state index contributed by atoms with van der Waals surface area (Å²) in [5.41, 5.74) is 0.966. The Bertz CT molecular complexity index is 534. The third-order valence-corrected chi connectivity index (χ3v) is 4.22. The van der Waals surface area contributed by atoms with Crippen LogP contribution in [0.4, 0.5) is 0 Å². The minimum atomic E-state index is 0.598. The molecule has 1 heterocycles. The van der Waals surface area contributed by atoms with Crippen molar-refractivity contribution >= 4 is 34.2 Å². The van der Waals surface area contributed by atoms with Crippen molar-refractivity contribution in [3.8, 4) is 11.4 Å². The third kappa shape index (κ3) is 1.96. The lowest BCUT2D eigenvalue weighted by Crippen LogP contribution is -1.83. The first-order valence-corrected chi connectivity index (χ1v) is 6.57. The van der Waals surface area contributed by atoms with Crippen LogP contribution in [-0.2, 0) is 0 Å². The minimum Gasteiger partial charge on any atom is -0.262 e. The predicted octanol–water partition coefficient (Wildman–Crippen LogP) is 3.61. The predicted molar refractivity (Wildman–Crippen MR) is 71.5 cm³/mol. The molecule has 0 amide bonds. The first-order valence-electron chi connectivity index (χ1n) is 5.12. The van der Waals surface area contributed by atoms with Crippen LogP contribution in [0.15, 0.2) is 18.2 Å². The molecule has 1 saturated carbocycles. The molecule has 0 atom stereocenters. The molecule has 3 nitrogen and oxygen atoms in total. The van der Waals surface area contributed by atoms with Gasteiger partial charge in [-0.1, -0.05) is 11.6 Å². The van der Waals surface area contributed by atoms with E-state index < -0.39 is 0 Å². The third-order valence-electron chi connectivity index (χ3n) is 2.64. The number of nitrogens with zero attached hydrogens (tertiary/aromatic N) is 2. The first-order chi connectivity index (χ1) is 7.74. The van der Waals surface area contributed by atoms with E-state index in [2.05, 4.69) is 37.8 Å². The lowest BCUT2D eigenvalue weighted by atomic mass is 10.2. The molecule has 1 aromatic carbocycles. The fraction of sp³-hybridized carbons (Fsp3) is 0.273. The van der Waals surface area contributed by atoms with Gasteiger partial charge in [0.25, 0.3) is 0 Å². The molecule has 1 aromatic heterocycles. The van der Waals surface area contributed by atoms with Crippen molar-refractivity contribution in [3.63, 3.8) is 0 Å². The van der Waals surface area contributed by atoms with Crippen LogP contribution in [0.25, 0.3) is 11.4 Å². The van der Waals surface area contributed by atoms with Gasteiger partial charge in [-0.15, -0.1) is 0 Å². The van der Waals surface area contributed by atoms with Crippen molar-refractivity contribution in [2.45, 2.75) is 18.8 Å². The average Bonchev–Trinajstić information content (AvgIpc) is 3.01. The highest BCUT2D eigenvalue weighted by Gasteiger charge is 2.27. The largest absolute Gasteiger partial charge is 0.262 e. The number of H-pyrrole nitrogens is 1. The van der Waals surface area contributed by atoms with Crippen molar-refractivity contribution in [2.75, 3.05) is 0 Å². The highest BCUT2D eigenvalue weighted by atomic mass is 127. The van der Waals surface area contributed by atoms with Gasteiger partial charge in [0.05, 0.1) is 5.02 Å². The van der Waals surface area contributed by atoms with Crippen LogP contribution < -0.4 is 0 Å². The fourth-order valence-corrected chi connectivity index (χ4v) is 2.09. The summed E-state index contributed by atoms with van der Waals surface area (Å²) in [6, 6.07) is 5.88. The maximum Gasteiger partial charge on any atom is 0.181 e. The summed E-state index contributed by atoms with van der Waals surface area (Å²) in [5.74, 6) is 2.34. The Morgan fingerprint density at radius 3 is 2.88 bits per heavy atom. The summed E-state index contributed by atoms with van der Waals surface area (Å²) in [6.45, 7) is 0. The highest BCUT2D eigenvalue weighted by molar-refractivity contribution is 14.1. The quantitative estimate of drug-likeness (QED) is 0.845. The standard InChI is InChI=1S/C11H9ClIN3/c12-8-5-7(3-4-9(8)13)11-14-10(15-16-11)6-1-2-6/h3-6H,1-2H2,(H,14,15,16). The van der Waals surface area contributed by atoms with Gasteiger partial charge in [-0.05, 0) is 53.6 Å². The van der Waals surface area contributed by atoms with Crippen molar-refractivity contribution in [1.82, 2.24) is 15.2 Å². The summed E-state index contributed by atoms with van der Waals surface area (Å²) in [7, 11) is 0. The van der Waals surface area contributed by atoms with E-state index in [4.69, 9.17) is 11.6 Å². The van der Waals surface area contributed by atoms with E-state index in [1.807, 2.05) is 18.2 Å². The number of rotatable bonds is 2. The zero-order valence-electron chi connectivity index (χ0n) is 8.37. The van der Waals surface area contributed by atoms with Gasteiger partial charge in [-0.2, -0.15) is 5.10 Å². The second-order valence-corrected chi connectivity index (χ2v) is 5.52. The summed E-state index contributed by atoms with van der Waals surface area (Å²) in [5, 5.41) is 7.96. The number of hydrogen-bond donors (Lipinski definition) is 1. The maximum absolute atomic E-state index is 6.07. The van der Waals surface area contributed by atoms with Gasteiger partial charge in [0.15, 0.2) is 5.82 Å². The molecule has 0 spiro atoms. The van der Waals surface area contributed by atoms with Gasteiger partial charge >= 0.3 is 0 Å². The molecule has 0 aliphatic heterocycles. The van der Waals surface area contributed by atoms with Crippen molar-refractivity contribution < 1.29 is 0 Å². The molecule has 82 valence electrons. The Morgan fingerprint density at radius 1 is 1.38 bits per heavy atom. The highest BCUT2D eigenvalue weighted by Crippen LogP contribution is 2.38. The number of aromatic amines is 1. The van der Waals surface area contributed by atoms with E-state index in [0.717, 1.165) is 25.8 Å². The van der Waals surface area contributed by atoms with E-state index in [9.17, 15) is 0 Å². The zero-order valence-corrected chi connectivity index (χ0v) is 11.3. The molecule has 0 saturated heterocycles. The molecule has 3 rings (SSSR count). The summed E-state index contributed by atoms with van der Waals surface area (Å²) in [4.78, 5) is 4.49. The second-order valence-electron chi connectivity index (χ2n) is 3.95. The molecule has 2 aromatic rings. The number of nitrogens with one attached hydrogen (secondary N) is 1. The summed E-state index contributed by atoms with van der Waals surface area (Å²) in [6.07, 6.45) is 2.45. The van der Waals surface area contributed by atoms with Gasteiger partial charge in [-0.25, -0.2) is 4.98 Å². The number of hydrogen-bond acceptors (Lipinski definition) is 2. The Hall–Kier alpha value is -0.620. The van der Waals surface area contributed by atoms with Crippen LogP contribution in [-0.4, -0.2) is 15.2 Å². The molecular weight excluding hydrogens is 336 g/mol. The molecule has 1 fully saturated rings. The number of halogens is 2. The smallest absolute Gasteiger partial charge is 0.181 e. The maximum atomic E-state index is 6.07. The molecule has 1 N–H and O–H groups in total. The molecule has 0 bridgehead atoms. The van der Waals surface area contributed by atoms with E-state index in [1.165, 1.54) is 12.8 Å². The molecule has 0 radical (unpaired) electrons. The lowest BCUT2D eigenvalue weighted by Gasteiger charge is -1.98. The van der Waals surface area contributed by atoms with Gasteiger partial charge in [0.1, 0.15) is 5.82 Å². The lowest BCUT2D eigenvalue weighted by molar-refractivity contribution is 0.935. The van der Waals surface area contributed by atoms with Crippen LogP contribution in [0.1, 0.15) is 24.6 Å². The van der Waals surface area contributed by atoms with E-state index in [-0.39, 0.29) is 0 Å². The van der Waals surface area contributed by atoms with Crippen molar-refractivity contribution in [3.05, 3.63) is 32.6 Å². The molecule has 0 unspecified atom stereocenters. The van der Waals surface area contributed by atoms with Crippen LogP contribution in [0, 0.1) is 3.57 Å². The molecule has 16 heavy (non-hydrogen) atoms. The number of aromatic nitrogens is 3. The van der Waals surface area contributed by atoms with Crippen LogP contribution >= 0.6 is 34.2 Å². The van der Waals surface area contributed by atoms with Gasteiger partial charge in [-0.3, -0.25) is 5.10 Å². The van der Waals surface area contributed by atoms with Crippen LogP contribution in [0.3, 0.4) is 0 Å².